The van der Waals surface area contributed by atoms with Gasteiger partial charge < -0.3 is 10.6 Å². The Morgan fingerprint density at radius 2 is 1.95 bits per heavy atom. The molecule has 1 aliphatic heterocycles. The van der Waals surface area contributed by atoms with Crippen LogP contribution >= 0.6 is 35.0 Å². The van der Waals surface area contributed by atoms with Gasteiger partial charge in [0.2, 0.25) is 5.91 Å². The molecule has 0 fully saturated rings. The Kier molecular flexibility index (Phi) is 5.50. The van der Waals surface area contributed by atoms with Crippen LogP contribution in [0.5, 0.6) is 0 Å². The van der Waals surface area contributed by atoms with Crippen molar-refractivity contribution in [3.8, 4) is 0 Å². The molecule has 2 rings (SSSR count). The molecule has 1 heterocycles. The molecule has 8 heteroatoms. The summed E-state index contributed by atoms with van der Waals surface area (Å²) in [7, 11) is 0. The van der Waals surface area contributed by atoms with Crippen LogP contribution in [0.3, 0.4) is 0 Å². The fourth-order valence-electron chi connectivity index (χ4n) is 1.63. The van der Waals surface area contributed by atoms with Crippen LogP contribution in [0.2, 0.25) is 10.0 Å². The molecule has 5 nitrogen and oxygen atoms in total. The van der Waals surface area contributed by atoms with Crippen molar-refractivity contribution in [2.24, 2.45) is 4.99 Å². The van der Waals surface area contributed by atoms with Gasteiger partial charge in [-0.3, -0.25) is 9.59 Å². The van der Waals surface area contributed by atoms with Crippen LogP contribution in [-0.4, -0.2) is 23.0 Å². The van der Waals surface area contributed by atoms with Gasteiger partial charge in [-0.2, -0.15) is 4.99 Å². The summed E-state index contributed by atoms with van der Waals surface area (Å²) in [5.74, 6) is -0.812. The largest absolute Gasteiger partial charge is 0.350 e. The third kappa shape index (κ3) is 4.25. The highest BCUT2D eigenvalue weighted by Gasteiger charge is 2.24. The Balaban J connectivity index is 2.10. The first kappa shape index (κ1) is 16.9. The fraction of sp³-hybridized carbons (Fsp3) is 0.214. The number of carbonyl (C=O) groups excluding carboxylic acids is 2. The number of hydrogen-bond acceptors (Lipinski definition) is 4. The first-order valence-electron chi connectivity index (χ1n) is 6.41. The molecular formula is C14H13Cl2N3O2S. The van der Waals surface area contributed by atoms with E-state index >= 15 is 0 Å². The summed E-state index contributed by atoms with van der Waals surface area (Å²) >= 11 is 13.2. The van der Waals surface area contributed by atoms with E-state index in [0.29, 0.717) is 20.9 Å². The number of amides is 2. The smallest absolute Gasteiger partial charge is 0.286 e. The Morgan fingerprint density at radius 1 is 1.32 bits per heavy atom. The molecule has 0 radical (unpaired) electrons. The number of aliphatic imine (C=N–C) groups is 1. The molecule has 116 valence electrons. The van der Waals surface area contributed by atoms with Gasteiger partial charge in [0.15, 0.2) is 5.17 Å². The number of thioether (sulfide) groups is 1. The number of halogens is 2. The summed E-state index contributed by atoms with van der Waals surface area (Å²) in [4.78, 5) is 27.5. The lowest BCUT2D eigenvalue weighted by Gasteiger charge is -2.08. The van der Waals surface area contributed by atoms with Crippen molar-refractivity contribution in [1.82, 2.24) is 5.32 Å². The maximum Gasteiger partial charge on any atom is 0.286 e. The number of amidine groups is 1. The maximum absolute atomic E-state index is 11.8. The minimum absolute atomic E-state index is 0.00805. The molecule has 0 aliphatic carbocycles. The van der Waals surface area contributed by atoms with Crippen LogP contribution in [0.1, 0.15) is 13.8 Å². The molecule has 0 spiro atoms. The van der Waals surface area contributed by atoms with E-state index in [4.69, 9.17) is 23.2 Å². The van der Waals surface area contributed by atoms with Crippen molar-refractivity contribution >= 4 is 57.6 Å². The first-order valence-corrected chi connectivity index (χ1v) is 7.98. The highest BCUT2D eigenvalue weighted by atomic mass is 35.5. The van der Waals surface area contributed by atoms with Gasteiger partial charge in [0, 0.05) is 12.1 Å². The third-order valence-corrected chi connectivity index (χ3v) is 4.04. The number of nitrogens with one attached hydrogen (secondary N) is 2. The minimum atomic E-state index is -0.477. The van der Waals surface area contributed by atoms with Gasteiger partial charge in [-0.1, -0.05) is 29.3 Å². The van der Waals surface area contributed by atoms with E-state index in [9.17, 15) is 9.59 Å². The number of nitrogens with zero attached hydrogens (tertiary/aromatic N) is 1. The van der Waals surface area contributed by atoms with Crippen LogP contribution in [0.15, 0.2) is 34.2 Å². The fourth-order valence-corrected chi connectivity index (χ4v) is 2.91. The summed E-state index contributed by atoms with van der Waals surface area (Å²) in [6, 6.07) is 5.05. The molecule has 1 aromatic rings. The molecule has 1 aromatic carbocycles. The van der Waals surface area contributed by atoms with Crippen LogP contribution in [-0.2, 0) is 9.59 Å². The number of rotatable bonds is 3. The highest BCUT2D eigenvalue weighted by Crippen LogP contribution is 2.33. The third-order valence-electron chi connectivity index (χ3n) is 2.51. The van der Waals surface area contributed by atoms with Gasteiger partial charge in [-0.05, 0) is 37.7 Å². The molecule has 22 heavy (non-hydrogen) atoms. The second-order valence-corrected chi connectivity index (χ2v) is 6.56. The summed E-state index contributed by atoms with van der Waals surface area (Å²) in [6.07, 6.45) is 1.24. The molecule has 1 aliphatic rings. The van der Waals surface area contributed by atoms with E-state index in [0.717, 1.165) is 11.8 Å². The van der Waals surface area contributed by atoms with Gasteiger partial charge in [0.05, 0.1) is 20.6 Å². The summed E-state index contributed by atoms with van der Waals surface area (Å²) in [5.41, 5.74) is 0.470. The summed E-state index contributed by atoms with van der Waals surface area (Å²) in [5, 5.41) is 6.74. The molecule has 0 unspecified atom stereocenters. The van der Waals surface area contributed by atoms with Gasteiger partial charge in [-0.25, -0.2) is 0 Å². The van der Waals surface area contributed by atoms with Gasteiger partial charge >= 0.3 is 0 Å². The summed E-state index contributed by atoms with van der Waals surface area (Å²) in [6.45, 7) is 3.67. The van der Waals surface area contributed by atoms with Crippen LogP contribution in [0, 0.1) is 0 Å². The predicted molar refractivity (Wildman–Crippen MR) is 91.5 cm³/mol. The molecule has 0 saturated heterocycles. The maximum atomic E-state index is 11.8. The summed E-state index contributed by atoms with van der Waals surface area (Å²) < 4.78 is 0. The van der Waals surface area contributed by atoms with Crippen LogP contribution in [0.25, 0.3) is 0 Å². The van der Waals surface area contributed by atoms with Crippen molar-refractivity contribution in [2.75, 3.05) is 5.32 Å². The number of hydrogen-bond donors (Lipinski definition) is 2. The monoisotopic (exact) mass is 357 g/mol. The Hall–Kier alpha value is -1.50. The Bertz CT molecular complexity index is 666. The van der Waals surface area contributed by atoms with Crippen molar-refractivity contribution in [3.63, 3.8) is 0 Å². The average Bonchev–Trinajstić information content (AvgIpc) is 2.73. The molecule has 0 atom stereocenters. The molecule has 2 amide bonds. The zero-order valence-corrected chi connectivity index (χ0v) is 14.1. The first-order chi connectivity index (χ1) is 10.4. The lowest BCUT2D eigenvalue weighted by Crippen LogP contribution is -2.28. The normalized spacial score (nSPS) is 16.1. The Labute approximate surface area is 142 Å². The molecule has 0 aromatic heterocycles. The lowest BCUT2D eigenvalue weighted by molar-refractivity contribution is -0.118. The molecule has 0 saturated carbocycles. The van der Waals surface area contributed by atoms with Gasteiger partial charge in [-0.15, -0.1) is 0 Å². The van der Waals surface area contributed by atoms with Crippen LogP contribution < -0.4 is 10.6 Å². The van der Waals surface area contributed by atoms with E-state index < -0.39 is 5.91 Å². The van der Waals surface area contributed by atoms with E-state index in [1.807, 2.05) is 13.8 Å². The number of anilines is 1. The van der Waals surface area contributed by atoms with E-state index in [1.165, 1.54) is 6.08 Å². The van der Waals surface area contributed by atoms with Gasteiger partial charge in [0.25, 0.3) is 5.91 Å². The number of para-hydroxylation sites is 1. The van der Waals surface area contributed by atoms with Crippen molar-refractivity contribution in [1.29, 1.82) is 0 Å². The van der Waals surface area contributed by atoms with E-state index in [1.54, 1.807) is 18.2 Å². The number of carbonyl (C=O) groups is 2. The average molecular weight is 358 g/mol. The molecule has 2 N–H and O–H groups in total. The standard InChI is InChI=1S/C14H13Cl2N3O2S/c1-7(2)17-11(20)6-10-13(21)19-14(22-10)18-12-8(15)4-3-5-9(12)16/h3-7H,1-2H3,(H,17,20)(H,18,19,21)/b10-6-. The topological polar surface area (TPSA) is 70.6 Å². The SMILES string of the molecule is CC(C)NC(=O)/C=C1\SC(Nc2c(Cl)cccc2Cl)=NC1=O. The molecular weight excluding hydrogens is 345 g/mol. The predicted octanol–water partition coefficient (Wildman–Crippen LogP) is 3.44. The van der Waals surface area contributed by atoms with E-state index in [2.05, 4.69) is 15.6 Å². The second kappa shape index (κ2) is 7.17. The van der Waals surface area contributed by atoms with Crippen molar-refractivity contribution in [2.45, 2.75) is 19.9 Å². The zero-order chi connectivity index (χ0) is 16.3. The molecule has 0 bridgehead atoms. The quantitative estimate of drug-likeness (QED) is 0.812. The Morgan fingerprint density at radius 3 is 2.55 bits per heavy atom. The second-order valence-electron chi connectivity index (χ2n) is 4.72. The lowest BCUT2D eigenvalue weighted by atomic mass is 10.3. The number of benzene rings is 1. The minimum Gasteiger partial charge on any atom is -0.350 e. The van der Waals surface area contributed by atoms with E-state index in [-0.39, 0.29) is 16.9 Å². The zero-order valence-electron chi connectivity index (χ0n) is 11.8. The van der Waals surface area contributed by atoms with Gasteiger partial charge in [0.1, 0.15) is 0 Å². The van der Waals surface area contributed by atoms with Crippen molar-refractivity contribution in [3.05, 3.63) is 39.2 Å². The van der Waals surface area contributed by atoms with Crippen LogP contribution in [0.4, 0.5) is 5.69 Å². The highest BCUT2D eigenvalue weighted by molar-refractivity contribution is 8.18. The van der Waals surface area contributed by atoms with Crippen molar-refractivity contribution < 1.29 is 9.59 Å².